The molecule has 4 nitrogen and oxygen atoms in total. The van der Waals surface area contributed by atoms with Crippen molar-refractivity contribution in [2.45, 2.75) is 52.4 Å². The number of fused-ring (bicyclic) bond motifs is 1. The lowest BCUT2D eigenvalue weighted by molar-refractivity contribution is 0.423. The van der Waals surface area contributed by atoms with Gasteiger partial charge in [0.1, 0.15) is 11.6 Å². The van der Waals surface area contributed by atoms with E-state index >= 15 is 0 Å². The molecule has 0 saturated heterocycles. The number of pyridine rings is 1. The van der Waals surface area contributed by atoms with E-state index in [1.54, 1.807) is 12.4 Å². The molecule has 30 heavy (non-hydrogen) atoms. The molecule has 0 aliphatic rings. The van der Waals surface area contributed by atoms with Crippen molar-refractivity contribution in [3.8, 4) is 22.8 Å². The quantitative estimate of drug-likeness (QED) is 0.425. The van der Waals surface area contributed by atoms with Crippen LogP contribution in [0, 0.1) is 0 Å². The van der Waals surface area contributed by atoms with Gasteiger partial charge in [0.15, 0.2) is 0 Å². The Labute approximate surface area is 178 Å². The van der Waals surface area contributed by atoms with Gasteiger partial charge in [-0.05, 0) is 47.2 Å². The molecule has 0 aliphatic carbocycles. The molecule has 4 heteroatoms. The summed E-state index contributed by atoms with van der Waals surface area (Å²) in [6.07, 6.45) is 3.58. The highest BCUT2D eigenvalue weighted by Crippen LogP contribution is 2.41. The van der Waals surface area contributed by atoms with Crippen LogP contribution in [0.15, 0.2) is 60.9 Å². The van der Waals surface area contributed by atoms with E-state index in [-0.39, 0.29) is 10.8 Å². The van der Waals surface area contributed by atoms with E-state index in [4.69, 9.17) is 4.98 Å². The third-order valence-corrected chi connectivity index (χ3v) is 5.47. The molecule has 0 aliphatic heterocycles. The van der Waals surface area contributed by atoms with Crippen LogP contribution in [-0.4, -0.2) is 19.6 Å². The molecule has 2 aromatic carbocycles. The topological polar surface area (TPSA) is 50.9 Å². The van der Waals surface area contributed by atoms with E-state index in [1.807, 2.05) is 30.3 Å². The lowest BCUT2D eigenvalue weighted by Gasteiger charge is -2.28. The predicted octanol–water partition coefficient (Wildman–Crippen LogP) is 6.39. The lowest BCUT2D eigenvalue weighted by Crippen LogP contribution is -2.18. The summed E-state index contributed by atoms with van der Waals surface area (Å²) in [6, 6.07) is 16.3. The predicted molar refractivity (Wildman–Crippen MR) is 123 cm³/mol. The van der Waals surface area contributed by atoms with Crippen LogP contribution < -0.4 is 0 Å². The minimum Gasteiger partial charge on any atom is -0.507 e. The minimum absolute atomic E-state index is 0.201. The molecule has 1 N–H and O–H groups in total. The molecule has 0 saturated carbocycles. The van der Waals surface area contributed by atoms with Crippen molar-refractivity contribution in [1.29, 1.82) is 0 Å². The summed E-state index contributed by atoms with van der Waals surface area (Å²) in [6.45, 7) is 12.8. The highest BCUT2D eigenvalue weighted by molar-refractivity contribution is 5.83. The van der Waals surface area contributed by atoms with Crippen LogP contribution in [0.5, 0.6) is 5.75 Å². The number of phenolic OH excluding ortho intramolecular Hbond substituents is 1. The van der Waals surface area contributed by atoms with Gasteiger partial charge >= 0.3 is 0 Å². The Morgan fingerprint density at radius 3 is 1.93 bits per heavy atom. The molecule has 0 atom stereocenters. The van der Waals surface area contributed by atoms with E-state index < -0.39 is 0 Å². The van der Waals surface area contributed by atoms with Crippen LogP contribution in [0.1, 0.15) is 52.7 Å². The number of hydrogen-bond acceptors (Lipinski definition) is 3. The average Bonchev–Trinajstić information content (AvgIpc) is 3.07. The van der Waals surface area contributed by atoms with Crippen molar-refractivity contribution in [2.75, 3.05) is 0 Å². The Kier molecular flexibility index (Phi) is 4.69. The number of hydrogen-bond donors (Lipinski definition) is 1. The summed E-state index contributed by atoms with van der Waals surface area (Å²) in [5.74, 6) is 1.25. The molecule has 154 valence electrons. The summed E-state index contributed by atoms with van der Waals surface area (Å²) in [7, 11) is 0. The van der Waals surface area contributed by atoms with E-state index in [1.165, 1.54) is 0 Å². The normalized spacial score (nSPS) is 12.5. The molecular weight excluding hydrogens is 370 g/mol. The summed E-state index contributed by atoms with van der Waals surface area (Å²) in [4.78, 5) is 9.10. The smallest absolute Gasteiger partial charge is 0.145 e. The van der Waals surface area contributed by atoms with Gasteiger partial charge in [-0.2, -0.15) is 0 Å². The number of aromatic nitrogens is 3. The summed E-state index contributed by atoms with van der Waals surface area (Å²) in [5.41, 5.74) is 5.45. The van der Waals surface area contributed by atoms with Crippen molar-refractivity contribution in [3.05, 3.63) is 72.1 Å². The molecule has 0 spiro atoms. The summed E-state index contributed by atoms with van der Waals surface area (Å²) < 4.78 is 2.19. The molecule has 0 unspecified atom stereocenters. The fraction of sp³-hybridized carbons (Fsp3) is 0.308. The molecule has 2 aromatic heterocycles. The molecule has 4 aromatic rings. The maximum atomic E-state index is 11.1. The van der Waals surface area contributed by atoms with Crippen LogP contribution in [0.2, 0.25) is 0 Å². The molecule has 0 fully saturated rings. The van der Waals surface area contributed by atoms with Gasteiger partial charge in [0.25, 0.3) is 0 Å². The second-order valence-electron chi connectivity index (χ2n) is 9.88. The van der Waals surface area contributed by atoms with E-state index in [0.29, 0.717) is 5.75 Å². The monoisotopic (exact) mass is 399 g/mol. The third kappa shape index (κ3) is 3.47. The Morgan fingerprint density at radius 2 is 1.37 bits per heavy atom. The second-order valence-corrected chi connectivity index (χ2v) is 9.88. The zero-order valence-electron chi connectivity index (χ0n) is 18.6. The minimum atomic E-state index is -0.201. The van der Waals surface area contributed by atoms with E-state index in [9.17, 15) is 5.11 Å². The molecule has 0 bridgehead atoms. The van der Waals surface area contributed by atoms with Gasteiger partial charge in [-0.3, -0.25) is 9.55 Å². The van der Waals surface area contributed by atoms with Gasteiger partial charge in [-0.1, -0.05) is 53.7 Å². The van der Waals surface area contributed by atoms with E-state index in [2.05, 4.69) is 69.3 Å². The van der Waals surface area contributed by atoms with Crippen LogP contribution in [0.25, 0.3) is 28.1 Å². The zero-order valence-corrected chi connectivity index (χ0v) is 18.6. The maximum absolute atomic E-state index is 11.1. The first-order valence-electron chi connectivity index (χ1n) is 10.3. The summed E-state index contributed by atoms with van der Waals surface area (Å²) in [5, 5.41) is 11.1. The Balaban J connectivity index is 2.11. The molecule has 2 heterocycles. The zero-order chi connectivity index (χ0) is 21.7. The number of phenols is 1. The molecule has 0 amide bonds. The lowest BCUT2D eigenvalue weighted by atomic mass is 9.79. The SMILES string of the molecule is CC(C)(C)c1cc(-n2c(-c3ccncc3)nc3ccccc32)cc(C(C)(C)C)c1O. The summed E-state index contributed by atoms with van der Waals surface area (Å²) >= 11 is 0. The largest absolute Gasteiger partial charge is 0.507 e. The van der Waals surface area contributed by atoms with Gasteiger partial charge in [-0.25, -0.2) is 4.98 Å². The standard InChI is InChI=1S/C26H29N3O/c1-25(2,3)19-15-18(16-20(23(19)30)26(4,5)6)29-22-10-8-7-9-21(22)28-24(29)17-11-13-27-14-12-17/h7-16,30H,1-6H3. The van der Waals surface area contributed by atoms with Crippen molar-refractivity contribution in [2.24, 2.45) is 0 Å². The van der Waals surface area contributed by atoms with Gasteiger partial charge < -0.3 is 5.11 Å². The Hall–Kier alpha value is -3.14. The van der Waals surface area contributed by atoms with Crippen molar-refractivity contribution >= 4 is 11.0 Å². The second kappa shape index (κ2) is 6.98. The van der Waals surface area contributed by atoms with Crippen LogP contribution in [0.3, 0.4) is 0 Å². The third-order valence-electron chi connectivity index (χ3n) is 5.47. The van der Waals surface area contributed by atoms with Gasteiger partial charge in [0.05, 0.1) is 11.0 Å². The first kappa shape index (κ1) is 20.1. The Bertz CT molecular complexity index is 1170. The first-order chi connectivity index (χ1) is 14.1. The van der Waals surface area contributed by atoms with Gasteiger partial charge in [0, 0.05) is 34.8 Å². The number of imidazole rings is 1. The van der Waals surface area contributed by atoms with Crippen LogP contribution in [0.4, 0.5) is 0 Å². The molecule has 0 radical (unpaired) electrons. The average molecular weight is 400 g/mol. The van der Waals surface area contributed by atoms with E-state index in [0.717, 1.165) is 39.2 Å². The van der Waals surface area contributed by atoms with Gasteiger partial charge in [-0.15, -0.1) is 0 Å². The van der Waals surface area contributed by atoms with Crippen molar-refractivity contribution < 1.29 is 5.11 Å². The number of nitrogens with zero attached hydrogens (tertiary/aromatic N) is 3. The van der Waals surface area contributed by atoms with Crippen molar-refractivity contribution in [1.82, 2.24) is 14.5 Å². The van der Waals surface area contributed by atoms with Crippen LogP contribution >= 0.6 is 0 Å². The highest BCUT2D eigenvalue weighted by Gasteiger charge is 2.28. The molecular formula is C26H29N3O. The van der Waals surface area contributed by atoms with Crippen LogP contribution in [-0.2, 0) is 10.8 Å². The Morgan fingerprint density at radius 1 is 0.800 bits per heavy atom. The molecule has 4 rings (SSSR count). The fourth-order valence-corrected chi connectivity index (χ4v) is 3.87. The number of rotatable bonds is 2. The highest BCUT2D eigenvalue weighted by atomic mass is 16.3. The fourth-order valence-electron chi connectivity index (χ4n) is 3.87. The number of aromatic hydroxyl groups is 1. The number of benzene rings is 2. The van der Waals surface area contributed by atoms with Gasteiger partial charge in [0.2, 0.25) is 0 Å². The first-order valence-corrected chi connectivity index (χ1v) is 10.3. The maximum Gasteiger partial charge on any atom is 0.145 e. The van der Waals surface area contributed by atoms with Crippen molar-refractivity contribution in [3.63, 3.8) is 0 Å². The number of para-hydroxylation sites is 2.